The Labute approximate surface area is 108 Å². The fraction of sp³-hybridized carbons (Fsp3) is 1.00. The lowest BCUT2D eigenvalue weighted by atomic mass is 10.6. The van der Waals surface area contributed by atoms with Crippen LogP contribution >= 0.6 is 0 Å². The molecule has 0 saturated carbocycles. The van der Waals surface area contributed by atoms with Crippen LogP contribution in [0.5, 0.6) is 0 Å². The first-order valence-electron chi connectivity index (χ1n) is 5.12. The van der Waals surface area contributed by atoms with Crippen molar-refractivity contribution in [2.45, 2.75) is 39.9 Å². The van der Waals surface area contributed by atoms with Crippen molar-refractivity contribution in [3.05, 3.63) is 0 Å². The summed E-state index contributed by atoms with van der Waals surface area (Å²) in [5, 5.41) is 15.2. The van der Waals surface area contributed by atoms with Gasteiger partial charge in [-0.3, -0.25) is 9.11 Å². The Hall–Kier alpha value is -0.260. The molecule has 0 aromatic carbocycles. The van der Waals surface area contributed by atoms with E-state index in [1.165, 1.54) is 6.92 Å². The fourth-order valence-corrected chi connectivity index (χ4v) is 1.55. The Bertz CT molecular complexity index is 320. The molecule has 0 atom stereocenters. The molecular formula is C8H22O8S2. The van der Waals surface area contributed by atoms with E-state index in [9.17, 15) is 16.8 Å². The molecule has 0 bridgehead atoms. The quantitative estimate of drug-likeness (QED) is 0.415. The summed E-state index contributed by atoms with van der Waals surface area (Å²) in [6.45, 7) is 4.65. The van der Waals surface area contributed by atoms with Gasteiger partial charge in [-0.15, -0.1) is 0 Å². The molecule has 0 heterocycles. The van der Waals surface area contributed by atoms with Crippen LogP contribution in [-0.4, -0.2) is 53.9 Å². The van der Waals surface area contributed by atoms with Crippen molar-refractivity contribution in [2.75, 3.05) is 11.5 Å². The molecule has 4 N–H and O–H groups in total. The monoisotopic (exact) mass is 310 g/mol. The summed E-state index contributed by atoms with van der Waals surface area (Å²) in [7, 11) is -7.35. The van der Waals surface area contributed by atoms with Crippen molar-refractivity contribution >= 4 is 20.2 Å². The van der Waals surface area contributed by atoms with Crippen LogP contribution in [0.15, 0.2) is 0 Å². The van der Waals surface area contributed by atoms with Crippen LogP contribution in [0.4, 0.5) is 0 Å². The minimum absolute atomic E-state index is 0.132. The van der Waals surface area contributed by atoms with Gasteiger partial charge < -0.3 is 10.2 Å². The number of rotatable bonds is 4. The second kappa shape index (κ2) is 11.8. The molecule has 0 fully saturated rings. The van der Waals surface area contributed by atoms with E-state index in [0.29, 0.717) is 12.8 Å². The van der Waals surface area contributed by atoms with Crippen molar-refractivity contribution < 1.29 is 36.2 Å². The van der Waals surface area contributed by atoms with E-state index >= 15 is 0 Å². The second-order valence-electron chi connectivity index (χ2n) is 3.20. The van der Waals surface area contributed by atoms with Crippen LogP contribution in [0, 0.1) is 0 Å². The Kier molecular flexibility index (Phi) is 15.0. The van der Waals surface area contributed by atoms with Crippen LogP contribution in [0.1, 0.15) is 33.6 Å². The summed E-state index contributed by atoms with van der Waals surface area (Å²) in [5.74, 6) is -0.264. The van der Waals surface area contributed by atoms with Crippen LogP contribution in [0.3, 0.4) is 0 Å². The van der Waals surface area contributed by atoms with E-state index in [2.05, 4.69) is 0 Å². The van der Waals surface area contributed by atoms with E-state index in [4.69, 9.17) is 19.3 Å². The van der Waals surface area contributed by atoms with Gasteiger partial charge in [0, 0.05) is 0 Å². The van der Waals surface area contributed by atoms with Gasteiger partial charge in [-0.1, -0.05) is 13.8 Å². The average Bonchev–Trinajstić information content (AvgIpc) is 1.97. The van der Waals surface area contributed by atoms with Gasteiger partial charge in [-0.25, -0.2) is 0 Å². The van der Waals surface area contributed by atoms with Gasteiger partial charge >= 0.3 is 0 Å². The lowest BCUT2D eigenvalue weighted by Gasteiger charge is -1.86. The second-order valence-corrected chi connectivity index (χ2v) is 6.35. The standard InChI is InChI=1S/2C3H8O3S.C2H6O2/c2*1-2-3-7(4,5)6;1-2(3)4/h2*2-3H2,1H3,(H,4,5,6);2-4H,1H3. The summed E-state index contributed by atoms with van der Waals surface area (Å²) in [4.78, 5) is 0. The van der Waals surface area contributed by atoms with Crippen molar-refractivity contribution in [1.82, 2.24) is 0 Å². The minimum atomic E-state index is -3.67. The number of hydrogen-bond donors (Lipinski definition) is 4. The molecule has 0 aliphatic carbocycles. The molecule has 0 unspecified atom stereocenters. The summed E-state index contributed by atoms with van der Waals surface area (Å²) < 4.78 is 55.1. The molecule has 0 radical (unpaired) electrons. The highest BCUT2D eigenvalue weighted by molar-refractivity contribution is 7.86. The summed E-state index contributed by atoms with van der Waals surface area (Å²) in [5.41, 5.74) is 0. The number of aliphatic hydroxyl groups is 2. The van der Waals surface area contributed by atoms with Crippen LogP contribution < -0.4 is 0 Å². The van der Waals surface area contributed by atoms with Crippen molar-refractivity contribution in [3.63, 3.8) is 0 Å². The maximum absolute atomic E-state index is 9.79. The molecular weight excluding hydrogens is 288 g/mol. The van der Waals surface area contributed by atoms with E-state index in [1.807, 2.05) is 0 Å². The molecule has 0 aliphatic heterocycles. The minimum Gasteiger partial charge on any atom is -0.368 e. The summed E-state index contributed by atoms with van der Waals surface area (Å²) >= 11 is 0. The van der Waals surface area contributed by atoms with Gasteiger partial charge in [-0.2, -0.15) is 16.8 Å². The SMILES string of the molecule is CC(O)O.CCCS(=O)(=O)O.CCCS(=O)(=O)O. The molecule has 0 aromatic rings. The van der Waals surface area contributed by atoms with E-state index in [-0.39, 0.29) is 11.5 Å². The molecule has 8 nitrogen and oxygen atoms in total. The Morgan fingerprint density at radius 2 is 1.00 bits per heavy atom. The zero-order valence-electron chi connectivity index (χ0n) is 10.6. The van der Waals surface area contributed by atoms with Gasteiger partial charge in [0.2, 0.25) is 0 Å². The zero-order valence-corrected chi connectivity index (χ0v) is 12.3. The predicted molar refractivity (Wildman–Crippen MR) is 67.3 cm³/mol. The van der Waals surface area contributed by atoms with E-state index < -0.39 is 26.5 Å². The predicted octanol–water partition coefficient (Wildman–Crippen LogP) is -0.115. The Morgan fingerprint density at radius 3 is 1.00 bits per heavy atom. The van der Waals surface area contributed by atoms with Crippen molar-refractivity contribution in [2.24, 2.45) is 0 Å². The lowest BCUT2D eigenvalue weighted by molar-refractivity contribution is -0.0228. The molecule has 10 heteroatoms. The third-order valence-corrected chi connectivity index (χ3v) is 2.77. The van der Waals surface area contributed by atoms with Crippen LogP contribution in [0.2, 0.25) is 0 Å². The Morgan fingerprint density at radius 1 is 0.833 bits per heavy atom. The maximum Gasteiger partial charge on any atom is 0.264 e. The van der Waals surface area contributed by atoms with Crippen LogP contribution in [-0.2, 0) is 20.2 Å². The summed E-state index contributed by atoms with van der Waals surface area (Å²) in [6, 6.07) is 0. The number of aliphatic hydroxyl groups excluding tert-OH is 1. The highest BCUT2D eigenvalue weighted by Crippen LogP contribution is 1.84. The van der Waals surface area contributed by atoms with E-state index in [1.54, 1.807) is 13.8 Å². The Balaban J connectivity index is -0.000000196. The highest BCUT2D eigenvalue weighted by atomic mass is 32.2. The third kappa shape index (κ3) is 57.1. The van der Waals surface area contributed by atoms with Crippen molar-refractivity contribution in [1.29, 1.82) is 0 Å². The average molecular weight is 310 g/mol. The zero-order chi connectivity index (χ0) is 15.4. The first kappa shape index (κ1) is 22.9. The molecule has 0 aliphatic rings. The van der Waals surface area contributed by atoms with Gasteiger partial charge in [0.15, 0.2) is 0 Å². The summed E-state index contributed by atoms with van der Waals surface area (Å²) in [6.07, 6.45) is -0.225. The smallest absolute Gasteiger partial charge is 0.264 e. The third-order valence-electron chi connectivity index (χ3n) is 0.924. The lowest BCUT2D eigenvalue weighted by Crippen LogP contribution is -2.01. The molecule has 18 heavy (non-hydrogen) atoms. The molecule has 0 saturated heterocycles. The van der Waals surface area contributed by atoms with Gasteiger partial charge in [0.1, 0.15) is 6.29 Å². The normalized spacial score (nSPS) is 11.1. The molecule has 0 amide bonds. The van der Waals surface area contributed by atoms with Crippen molar-refractivity contribution in [3.8, 4) is 0 Å². The molecule has 0 spiro atoms. The van der Waals surface area contributed by atoms with Gasteiger partial charge in [-0.05, 0) is 19.8 Å². The first-order valence-corrected chi connectivity index (χ1v) is 8.34. The fourth-order valence-electron chi connectivity index (χ4n) is 0.516. The van der Waals surface area contributed by atoms with Crippen LogP contribution in [0.25, 0.3) is 0 Å². The largest absolute Gasteiger partial charge is 0.368 e. The van der Waals surface area contributed by atoms with E-state index in [0.717, 1.165) is 0 Å². The highest BCUT2D eigenvalue weighted by Gasteiger charge is 1.98. The molecule has 0 rings (SSSR count). The molecule has 0 aromatic heterocycles. The van der Waals surface area contributed by atoms with Gasteiger partial charge in [0.05, 0.1) is 11.5 Å². The number of hydrogen-bond acceptors (Lipinski definition) is 6. The first-order chi connectivity index (χ1) is 7.85. The molecule has 114 valence electrons. The topological polar surface area (TPSA) is 149 Å². The van der Waals surface area contributed by atoms with Gasteiger partial charge in [0.25, 0.3) is 20.2 Å². The maximum atomic E-state index is 9.79.